The molecule has 1 N–H and O–H groups in total. The summed E-state index contributed by atoms with van der Waals surface area (Å²) in [7, 11) is 0. The Morgan fingerprint density at radius 2 is 1.93 bits per heavy atom. The van der Waals surface area contributed by atoms with Gasteiger partial charge in [0.2, 0.25) is 0 Å². The molecular weight excluding hydrogens is 369 g/mol. The third-order valence-electron chi connectivity index (χ3n) is 4.68. The third kappa shape index (κ3) is 4.27. The molecule has 0 saturated heterocycles. The Hall–Kier alpha value is -3.67. The van der Waals surface area contributed by atoms with Gasteiger partial charge in [-0.2, -0.15) is 0 Å². The van der Waals surface area contributed by atoms with Crippen LogP contribution in [0.3, 0.4) is 0 Å². The average Bonchev–Trinajstić information content (AvgIpc) is 3.16. The second-order valence-electron chi connectivity index (χ2n) is 6.70. The molecule has 6 heteroatoms. The number of aryl methyl sites for hydroxylation is 1. The fourth-order valence-electron chi connectivity index (χ4n) is 3.15. The number of carbonyl (C=O) groups is 1. The lowest BCUT2D eigenvalue weighted by Crippen LogP contribution is -2.28. The number of benzene rings is 3. The first kappa shape index (κ1) is 18.7. The van der Waals surface area contributed by atoms with Crippen molar-refractivity contribution in [2.45, 2.75) is 13.5 Å². The van der Waals surface area contributed by atoms with E-state index in [-0.39, 0.29) is 24.9 Å². The standard InChI is InChI=1S/C23H20FN3O2/c1-16-25-10-11-27(16)22-9-6-17(12-21(22)24)14-26-23(28)15-29-20-8-7-18-4-2-3-5-19(18)13-20/h2-13H,14-15H2,1H3,(H,26,28). The summed E-state index contributed by atoms with van der Waals surface area (Å²) in [6.45, 7) is 1.93. The lowest BCUT2D eigenvalue weighted by Gasteiger charge is -2.10. The van der Waals surface area contributed by atoms with Gasteiger partial charge in [-0.3, -0.25) is 4.79 Å². The molecular formula is C23H20FN3O2. The third-order valence-corrected chi connectivity index (χ3v) is 4.68. The number of ether oxygens (including phenoxy) is 1. The molecule has 4 rings (SSSR count). The van der Waals surface area contributed by atoms with Crippen LogP contribution >= 0.6 is 0 Å². The second-order valence-corrected chi connectivity index (χ2v) is 6.70. The molecule has 3 aromatic carbocycles. The molecule has 4 aromatic rings. The zero-order valence-corrected chi connectivity index (χ0v) is 15.9. The summed E-state index contributed by atoms with van der Waals surface area (Å²) in [4.78, 5) is 16.2. The zero-order chi connectivity index (χ0) is 20.2. The van der Waals surface area contributed by atoms with Gasteiger partial charge in [0, 0.05) is 18.9 Å². The van der Waals surface area contributed by atoms with Gasteiger partial charge in [-0.25, -0.2) is 9.37 Å². The van der Waals surface area contributed by atoms with Gasteiger partial charge < -0.3 is 14.6 Å². The van der Waals surface area contributed by atoms with E-state index >= 15 is 0 Å². The Labute approximate surface area is 167 Å². The first-order valence-electron chi connectivity index (χ1n) is 9.27. The number of amides is 1. The van der Waals surface area contributed by atoms with Crippen molar-refractivity contribution in [3.05, 3.63) is 90.3 Å². The number of hydrogen-bond acceptors (Lipinski definition) is 3. The van der Waals surface area contributed by atoms with Crippen LogP contribution in [-0.2, 0) is 11.3 Å². The summed E-state index contributed by atoms with van der Waals surface area (Å²) in [5, 5.41) is 4.91. The molecule has 29 heavy (non-hydrogen) atoms. The molecule has 0 aliphatic carbocycles. The van der Waals surface area contributed by atoms with Crippen molar-refractivity contribution < 1.29 is 13.9 Å². The van der Waals surface area contributed by atoms with Gasteiger partial charge in [0.05, 0.1) is 5.69 Å². The fraction of sp³-hybridized carbons (Fsp3) is 0.130. The molecule has 0 aliphatic rings. The summed E-state index contributed by atoms with van der Waals surface area (Å²) in [6.07, 6.45) is 3.33. The smallest absolute Gasteiger partial charge is 0.258 e. The number of hydrogen-bond donors (Lipinski definition) is 1. The van der Waals surface area contributed by atoms with E-state index in [1.807, 2.05) is 49.4 Å². The van der Waals surface area contributed by atoms with Crippen LogP contribution in [0.15, 0.2) is 73.1 Å². The molecule has 0 saturated carbocycles. The number of carbonyl (C=O) groups excluding carboxylic acids is 1. The number of rotatable bonds is 6. The number of fused-ring (bicyclic) bond motifs is 1. The molecule has 0 atom stereocenters. The molecule has 1 aromatic heterocycles. The summed E-state index contributed by atoms with van der Waals surface area (Å²) < 4.78 is 21.7. The van der Waals surface area contributed by atoms with E-state index in [4.69, 9.17) is 4.74 Å². The van der Waals surface area contributed by atoms with E-state index in [9.17, 15) is 9.18 Å². The molecule has 1 heterocycles. The molecule has 0 fully saturated rings. The molecule has 5 nitrogen and oxygen atoms in total. The lowest BCUT2D eigenvalue weighted by molar-refractivity contribution is -0.123. The van der Waals surface area contributed by atoms with Crippen LogP contribution in [0.2, 0.25) is 0 Å². The van der Waals surface area contributed by atoms with Gasteiger partial charge in [0.1, 0.15) is 17.4 Å². The van der Waals surface area contributed by atoms with Crippen LogP contribution in [0.5, 0.6) is 5.75 Å². The number of imidazole rings is 1. The zero-order valence-electron chi connectivity index (χ0n) is 15.9. The van der Waals surface area contributed by atoms with Gasteiger partial charge in [0.15, 0.2) is 6.61 Å². The molecule has 0 aliphatic heterocycles. The van der Waals surface area contributed by atoms with E-state index in [2.05, 4.69) is 10.3 Å². The highest BCUT2D eigenvalue weighted by atomic mass is 19.1. The molecule has 0 bridgehead atoms. The monoisotopic (exact) mass is 389 g/mol. The summed E-state index contributed by atoms with van der Waals surface area (Å²) >= 11 is 0. The van der Waals surface area contributed by atoms with Crippen molar-refractivity contribution >= 4 is 16.7 Å². The van der Waals surface area contributed by atoms with E-state index in [0.29, 0.717) is 22.8 Å². The quantitative estimate of drug-likeness (QED) is 0.539. The number of nitrogens with one attached hydrogen (secondary N) is 1. The Balaban J connectivity index is 1.33. The number of aromatic nitrogens is 2. The van der Waals surface area contributed by atoms with Crippen LogP contribution in [0.1, 0.15) is 11.4 Å². The molecule has 0 unspecified atom stereocenters. The highest BCUT2D eigenvalue weighted by Gasteiger charge is 2.09. The minimum absolute atomic E-state index is 0.104. The average molecular weight is 389 g/mol. The number of nitrogens with zero attached hydrogens (tertiary/aromatic N) is 2. The fourth-order valence-corrected chi connectivity index (χ4v) is 3.15. The van der Waals surface area contributed by atoms with Gasteiger partial charge in [-0.1, -0.05) is 36.4 Å². The SMILES string of the molecule is Cc1nccn1-c1ccc(CNC(=O)COc2ccc3ccccc3c2)cc1F. The molecule has 146 valence electrons. The summed E-state index contributed by atoms with van der Waals surface area (Å²) in [6, 6.07) is 18.5. The van der Waals surface area contributed by atoms with Gasteiger partial charge in [-0.05, 0) is 47.5 Å². The van der Waals surface area contributed by atoms with Crippen molar-refractivity contribution in [3.8, 4) is 11.4 Å². The Bertz CT molecular complexity index is 1170. The lowest BCUT2D eigenvalue weighted by atomic mass is 10.1. The van der Waals surface area contributed by atoms with E-state index in [0.717, 1.165) is 10.8 Å². The van der Waals surface area contributed by atoms with Crippen molar-refractivity contribution in [3.63, 3.8) is 0 Å². The predicted molar refractivity (Wildman–Crippen MR) is 110 cm³/mol. The second kappa shape index (κ2) is 8.14. The van der Waals surface area contributed by atoms with Crippen molar-refractivity contribution in [2.75, 3.05) is 6.61 Å². The van der Waals surface area contributed by atoms with Crippen molar-refractivity contribution in [1.82, 2.24) is 14.9 Å². The van der Waals surface area contributed by atoms with Gasteiger partial charge >= 0.3 is 0 Å². The maximum Gasteiger partial charge on any atom is 0.258 e. The maximum atomic E-state index is 14.4. The minimum Gasteiger partial charge on any atom is -0.484 e. The van der Waals surface area contributed by atoms with Crippen LogP contribution in [0.4, 0.5) is 4.39 Å². The Morgan fingerprint density at radius 1 is 1.10 bits per heavy atom. The van der Waals surface area contributed by atoms with E-state index < -0.39 is 0 Å². The highest BCUT2D eigenvalue weighted by molar-refractivity contribution is 5.84. The van der Waals surface area contributed by atoms with Crippen molar-refractivity contribution in [1.29, 1.82) is 0 Å². The molecule has 1 amide bonds. The normalized spacial score (nSPS) is 10.8. The summed E-state index contributed by atoms with van der Waals surface area (Å²) in [5.41, 5.74) is 1.10. The van der Waals surface area contributed by atoms with Crippen LogP contribution in [-0.4, -0.2) is 22.1 Å². The molecule has 0 spiro atoms. The van der Waals surface area contributed by atoms with Crippen LogP contribution in [0.25, 0.3) is 16.5 Å². The highest BCUT2D eigenvalue weighted by Crippen LogP contribution is 2.20. The first-order chi connectivity index (χ1) is 14.1. The largest absolute Gasteiger partial charge is 0.484 e. The molecule has 0 radical (unpaired) electrons. The van der Waals surface area contributed by atoms with Crippen LogP contribution in [0, 0.1) is 12.7 Å². The van der Waals surface area contributed by atoms with Crippen molar-refractivity contribution in [2.24, 2.45) is 0 Å². The van der Waals surface area contributed by atoms with E-state index in [1.54, 1.807) is 29.1 Å². The first-order valence-corrected chi connectivity index (χ1v) is 9.27. The number of halogens is 1. The predicted octanol–water partition coefficient (Wildman–Crippen LogP) is 4.17. The maximum absolute atomic E-state index is 14.4. The van der Waals surface area contributed by atoms with Gasteiger partial charge in [0.25, 0.3) is 5.91 Å². The van der Waals surface area contributed by atoms with E-state index in [1.165, 1.54) is 6.07 Å². The minimum atomic E-state index is -0.370. The van der Waals surface area contributed by atoms with Gasteiger partial charge in [-0.15, -0.1) is 0 Å². The Kier molecular flexibility index (Phi) is 5.24. The van der Waals surface area contributed by atoms with Crippen LogP contribution < -0.4 is 10.1 Å². The topological polar surface area (TPSA) is 56.2 Å². The Morgan fingerprint density at radius 3 is 2.69 bits per heavy atom. The summed E-state index contributed by atoms with van der Waals surface area (Å²) in [5.74, 6) is 0.694.